The number of rotatable bonds is 10. The van der Waals surface area contributed by atoms with Gasteiger partial charge in [0.05, 0.1) is 6.61 Å². The summed E-state index contributed by atoms with van der Waals surface area (Å²) >= 11 is 0. The van der Waals surface area contributed by atoms with Crippen LogP contribution in [0.25, 0.3) is 0 Å². The Labute approximate surface area is 179 Å². The van der Waals surface area contributed by atoms with Crippen LogP contribution in [-0.2, 0) is 16.1 Å². The molecule has 1 aromatic rings. The van der Waals surface area contributed by atoms with Crippen molar-refractivity contribution in [3.05, 3.63) is 29.3 Å². The zero-order valence-corrected chi connectivity index (χ0v) is 19.3. The number of hydrogen-bond donors (Lipinski definition) is 3. The average Bonchev–Trinajstić information content (AvgIpc) is 2.58. The van der Waals surface area contributed by atoms with Crippen molar-refractivity contribution in [3.8, 4) is 5.75 Å². The lowest BCUT2D eigenvalue weighted by Crippen LogP contribution is -2.39. The minimum absolute atomic E-state index is 0. The Morgan fingerprint density at radius 3 is 2.59 bits per heavy atom. The van der Waals surface area contributed by atoms with Gasteiger partial charge in [0.2, 0.25) is 5.91 Å². The summed E-state index contributed by atoms with van der Waals surface area (Å²) in [6.07, 6.45) is 0.398. The first kappa shape index (κ1) is 25.4. The lowest BCUT2D eigenvalue weighted by Gasteiger charge is -2.15. The monoisotopic (exact) mass is 492 g/mol. The van der Waals surface area contributed by atoms with E-state index in [0.29, 0.717) is 38.7 Å². The molecule has 27 heavy (non-hydrogen) atoms. The van der Waals surface area contributed by atoms with E-state index in [9.17, 15) is 4.79 Å². The van der Waals surface area contributed by atoms with Crippen LogP contribution in [0.15, 0.2) is 23.2 Å². The highest BCUT2D eigenvalue weighted by molar-refractivity contribution is 14.0. The lowest BCUT2D eigenvalue weighted by molar-refractivity contribution is -0.121. The van der Waals surface area contributed by atoms with Crippen molar-refractivity contribution in [1.82, 2.24) is 16.0 Å². The molecule has 8 heteroatoms. The van der Waals surface area contributed by atoms with Gasteiger partial charge in [0.15, 0.2) is 5.96 Å². The number of hydrogen-bond acceptors (Lipinski definition) is 4. The SMILES string of the molecule is CN=C(NCCC(=O)NC(C)C)NCc1ccc(C)cc1OCCOC.I. The Bertz CT molecular complexity index is 594. The van der Waals surface area contributed by atoms with Gasteiger partial charge in [0.25, 0.3) is 0 Å². The first-order valence-corrected chi connectivity index (χ1v) is 8.91. The number of ether oxygens (including phenoxy) is 2. The predicted molar refractivity (Wildman–Crippen MR) is 120 cm³/mol. The smallest absolute Gasteiger partial charge is 0.221 e. The fourth-order valence-electron chi connectivity index (χ4n) is 2.27. The molecule has 1 rings (SSSR count). The van der Waals surface area contributed by atoms with E-state index in [-0.39, 0.29) is 35.9 Å². The fourth-order valence-corrected chi connectivity index (χ4v) is 2.27. The Balaban J connectivity index is 0.00000676. The molecule has 0 aliphatic carbocycles. The summed E-state index contributed by atoms with van der Waals surface area (Å²) in [5.41, 5.74) is 2.17. The number of aliphatic imine (C=N–C) groups is 1. The second kappa shape index (κ2) is 14.5. The average molecular weight is 492 g/mol. The molecule has 3 N–H and O–H groups in total. The van der Waals surface area contributed by atoms with E-state index < -0.39 is 0 Å². The van der Waals surface area contributed by atoms with Crippen LogP contribution in [0.2, 0.25) is 0 Å². The molecule has 0 bridgehead atoms. The van der Waals surface area contributed by atoms with E-state index in [2.05, 4.69) is 20.9 Å². The van der Waals surface area contributed by atoms with Gasteiger partial charge in [-0.1, -0.05) is 12.1 Å². The standard InChI is InChI=1S/C19H32N4O3.HI/c1-14(2)23-18(24)8-9-21-19(20-4)22-13-16-7-6-15(3)12-17(16)26-11-10-25-5;/h6-7,12,14H,8-11,13H2,1-5H3,(H,23,24)(H2,20,21,22);1H. The van der Waals surface area contributed by atoms with Crippen LogP contribution in [0.3, 0.4) is 0 Å². The summed E-state index contributed by atoms with van der Waals surface area (Å²) in [5.74, 6) is 1.50. The van der Waals surface area contributed by atoms with E-state index in [1.165, 1.54) is 0 Å². The van der Waals surface area contributed by atoms with Gasteiger partial charge in [-0.05, 0) is 32.4 Å². The van der Waals surface area contributed by atoms with Crippen molar-refractivity contribution in [2.75, 3.05) is 33.9 Å². The fraction of sp³-hybridized carbons (Fsp3) is 0.579. The normalized spacial score (nSPS) is 11.0. The second-order valence-electron chi connectivity index (χ2n) is 6.28. The number of nitrogens with zero attached hydrogens (tertiary/aromatic N) is 1. The molecule has 0 saturated carbocycles. The molecule has 0 unspecified atom stereocenters. The molecule has 1 amide bonds. The van der Waals surface area contributed by atoms with Crippen LogP contribution in [0, 0.1) is 6.92 Å². The topological polar surface area (TPSA) is 84.0 Å². The summed E-state index contributed by atoms with van der Waals surface area (Å²) in [4.78, 5) is 15.9. The third-order valence-corrected chi connectivity index (χ3v) is 3.53. The van der Waals surface area contributed by atoms with Crippen LogP contribution < -0.4 is 20.7 Å². The van der Waals surface area contributed by atoms with E-state index in [1.54, 1.807) is 14.2 Å². The van der Waals surface area contributed by atoms with Gasteiger partial charge in [-0.15, -0.1) is 24.0 Å². The molecule has 7 nitrogen and oxygen atoms in total. The predicted octanol–water partition coefficient (Wildman–Crippen LogP) is 2.22. The van der Waals surface area contributed by atoms with Gasteiger partial charge in [-0.2, -0.15) is 0 Å². The molecular weight excluding hydrogens is 459 g/mol. The van der Waals surface area contributed by atoms with E-state index in [1.807, 2.05) is 39.0 Å². The number of carbonyl (C=O) groups excluding carboxylic acids is 1. The highest BCUT2D eigenvalue weighted by atomic mass is 127. The van der Waals surface area contributed by atoms with Crippen LogP contribution in [0.1, 0.15) is 31.4 Å². The maximum atomic E-state index is 11.7. The molecule has 0 fully saturated rings. The van der Waals surface area contributed by atoms with Crippen molar-refractivity contribution in [2.45, 2.75) is 39.8 Å². The van der Waals surface area contributed by atoms with Gasteiger partial charge in [0, 0.05) is 45.3 Å². The van der Waals surface area contributed by atoms with Crippen molar-refractivity contribution >= 4 is 35.8 Å². The molecule has 0 aliphatic heterocycles. The first-order valence-electron chi connectivity index (χ1n) is 8.91. The molecule has 0 aliphatic rings. The molecule has 154 valence electrons. The summed E-state index contributed by atoms with van der Waals surface area (Å²) in [6.45, 7) is 8.06. The third kappa shape index (κ3) is 11.0. The largest absolute Gasteiger partial charge is 0.491 e. The van der Waals surface area contributed by atoms with Gasteiger partial charge < -0.3 is 25.4 Å². The van der Waals surface area contributed by atoms with Crippen molar-refractivity contribution in [3.63, 3.8) is 0 Å². The Morgan fingerprint density at radius 2 is 1.96 bits per heavy atom. The third-order valence-electron chi connectivity index (χ3n) is 3.53. The number of nitrogens with one attached hydrogen (secondary N) is 3. The van der Waals surface area contributed by atoms with Crippen molar-refractivity contribution in [2.24, 2.45) is 4.99 Å². The summed E-state index contributed by atoms with van der Waals surface area (Å²) in [6, 6.07) is 6.25. The van der Waals surface area contributed by atoms with Crippen LogP contribution in [0.5, 0.6) is 5.75 Å². The number of methoxy groups -OCH3 is 1. The zero-order valence-electron chi connectivity index (χ0n) is 16.9. The van der Waals surface area contributed by atoms with Gasteiger partial charge in [-0.25, -0.2) is 0 Å². The summed E-state index contributed by atoms with van der Waals surface area (Å²) in [7, 11) is 3.35. The molecule has 1 aromatic carbocycles. The Kier molecular flexibility index (Phi) is 13.7. The second-order valence-corrected chi connectivity index (χ2v) is 6.28. The number of carbonyl (C=O) groups is 1. The van der Waals surface area contributed by atoms with Gasteiger partial charge in [0.1, 0.15) is 12.4 Å². The molecular formula is C19H33IN4O3. The highest BCUT2D eigenvalue weighted by Gasteiger charge is 2.07. The number of amides is 1. The molecule has 0 radical (unpaired) electrons. The van der Waals surface area contributed by atoms with Crippen LogP contribution in [0.4, 0.5) is 0 Å². The van der Waals surface area contributed by atoms with Crippen LogP contribution >= 0.6 is 24.0 Å². The van der Waals surface area contributed by atoms with Crippen LogP contribution in [-0.4, -0.2) is 51.8 Å². The summed E-state index contributed by atoms with van der Waals surface area (Å²) < 4.78 is 10.8. The first-order chi connectivity index (χ1) is 12.5. The number of aryl methyl sites for hydroxylation is 1. The minimum atomic E-state index is 0. The Morgan fingerprint density at radius 1 is 1.22 bits per heavy atom. The van der Waals surface area contributed by atoms with Crippen molar-refractivity contribution in [1.29, 1.82) is 0 Å². The number of guanidine groups is 1. The highest BCUT2D eigenvalue weighted by Crippen LogP contribution is 2.20. The molecule has 0 spiro atoms. The lowest BCUT2D eigenvalue weighted by atomic mass is 10.1. The van der Waals surface area contributed by atoms with Crippen molar-refractivity contribution < 1.29 is 14.3 Å². The summed E-state index contributed by atoms with van der Waals surface area (Å²) in [5, 5.41) is 9.25. The maximum absolute atomic E-state index is 11.7. The molecule has 0 heterocycles. The number of halogens is 1. The molecule has 0 aromatic heterocycles. The Hall–Kier alpha value is -1.55. The molecule has 0 atom stereocenters. The van der Waals surface area contributed by atoms with E-state index in [0.717, 1.165) is 16.9 Å². The minimum Gasteiger partial charge on any atom is -0.491 e. The van der Waals surface area contributed by atoms with Gasteiger partial charge >= 0.3 is 0 Å². The van der Waals surface area contributed by atoms with E-state index >= 15 is 0 Å². The maximum Gasteiger partial charge on any atom is 0.221 e. The quantitative estimate of drug-likeness (QED) is 0.202. The number of benzene rings is 1. The van der Waals surface area contributed by atoms with E-state index in [4.69, 9.17) is 9.47 Å². The zero-order chi connectivity index (χ0) is 19.4. The molecule has 0 saturated heterocycles. The van der Waals surface area contributed by atoms with Gasteiger partial charge in [-0.3, -0.25) is 9.79 Å².